The summed E-state index contributed by atoms with van der Waals surface area (Å²) in [5.74, 6) is -0.244. The maximum absolute atomic E-state index is 14.0. The Balaban J connectivity index is 1.29. The molecular weight excluding hydrogens is 583 g/mol. The van der Waals surface area contributed by atoms with E-state index < -0.39 is 12.1 Å². The highest BCUT2D eigenvalue weighted by Gasteiger charge is 2.37. The minimum absolute atomic E-state index is 0.0666. The van der Waals surface area contributed by atoms with Crippen LogP contribution in [0.4, 0.5) is 0 Å². The zero-order valence-electron chi connectivity index (χ0n) is 24.8. The molecule has 0 saturated carbocycles. The van der Waals surface area contributed by atoms with Gasteiger partial charge in [0.25, 0.3) is 5.91 Å². The van der Waals surface area contributed by atoms with Crippen LogP contribution in [0.25, 0.3) is 0 Å². The van der Waals surface area contributed by atoms with Crippen LogP contribution in [0.3, 0.4) is 0 Å². The van der Waals surface area contributed by atoms with Gasteiger partial charge in [0.15, 0.2) is 0 Å². The lowest BCUT2D eigenvalue weighted by atomic mass is 9.99. The van der Waals surface area contributed by atoms with E-state index in [1.54, 1.807) is 21.9 Å². The molecule has 5 rings (SSSR count). The fourth-order valence-corrected chi connectivity index (χ4v) is 6.61. The van der Waals surface area contributed by atoms with E-state index in [0.717, 1.165) is 49.2 Å². The van der Waals surface area contributed by atoms with E-state index >= 15 is 0 Å². The molecule has 0 aromatic heterocycles. The number of halogens is 2. The number of nitrogens with one attached hydrogen (secondary N) is 1. The van der Waals surface area contributed by atoms with Gasteiger partial charge in [0.05, 0.1) is 22.7 Å². The lowest BCUT2D eigenvalue weighted by Crippen LogP contribution is -2.59. The highest BCUT2D eigenvalue weighted by atomic mass is 35.5. The number of aliphatic hydroxyl groups is 1. The summed E-state index contributed by atoms with van der Waals surface area (Å²) in [4.78, 5) is 33.6. The van der Waals surface area contributed by atoms with Crippen molar-refractivity contribution in [3.05, 3.63) is 105 Å². The van der Waals surface area contributed by atoms with Crippen LogP contribution in [0.15, 0.2) is 66.7 Å². The molecule has 2 saturated heterocycles. The first kappa shape index (κ1) is 31.5. The highest BCUT2D eigenvalue weighted by molar-refractivity contribution is 6.42. The first-order valence-corrected chi connectivity index (χ1v) is 15.7. The molecular formula is C34H40Cl2N4O3. The van der Waals surface area contributed by atoms with Crippen molar-refractivity contribution in [1.29, 1.82) is 0 Å². The van der Waals surface area contributed by atoms with E-state index in [4.69, 9.17) is 23.2 Å². The lowest BCUT2D eigenvalue weighted by molar-refractivity contribution is -0.139. The van der Waals surface area contributed by atoms with Crippen LogP contribution in [-0.4, -0.2) is 83.0 Å². The van der Waals surface area contributed by atoms with Gasteiger partial charge in [0.2, 0.25) is 5.91 Å². The molecule has 7 nitrogen and oxygen atoms in total. The molecule has 0 bridgehead atoms. The third kappa shape index (κ3) is 7.78. The van der Waals surface area contributed by atoms with Crippen molar-refractivity contribution in [3.63, 3.8) is 0 Å². The fourth-order valence-electron chi connectivity index (χ4n) is 6.30. The molecule has 0 unspecified atom stereocenters. The number of carbonyl (C=O) groups excluding carboxylic acids is 2. The molecule has 2 aliphatic rings. The second-order valence-electron chi connectivity index (χ2n) is 11.8. The number of amides is 2. The Kier molecular flexibility index (Phi) is 10.4. The van der Waals surface area contributed by atoms with Crippen molar-refractivity contribution in [2.45, 2.75) is 51.4 Å². The first-order chi connectivity index (χ1) is 20.7. The Morgan fingerprint density at radius 2 is 1.60 bits per heavy atom. The number of aryl methyl sites for hydroxylation is 2. The Morgan fingerprint density at radius 1 is 0.907 bits per heavy atom. The van der Waals surface area contributed by atoms with Gasteiger partial charge < -0.3 is 20.2 Å². The van der Waals surface area contributed by atoms with Gasteiger partial charge in [-0.15, -0.1) is 0 Å². The van der Waals surface area contributed by atoms with Gasteiger partial charge in [0.1, 0.15) is 6.04 Å². The molecule has 0 spiro atoms. The SMILES string of the molecule is Cc1cc(C)cc(C(=O)N2CCN(C(=O)[C@H](CO)NC3CCN(Cc4ccccc4)CC3)[C@@H](c3ccc(Cl)c(Cl)c3)C2)c1. The molecule has 2 amide bonds. The molecule has 2 aliphatic heterocycles. The van der Waals surface area contributed by atoms with Gasteiger partial charge >= 0.3 is 0 Å². The molecule has 0 aliphatic carbocycles. The fraction of sp³-hybridized carbons (Fsp3) is 0.412. The molecule has 2 N–H and O–H groups in total. The van der Waals surface area contributed by atoms with Gasteiger partial charge in [-0.25, -0.2) is 0 Å². The summed E-state index contributed by atoms with van der Waals surface area (Å²) in [6, 6.07) is 20.6. The van der Waals surface area contributed by atoms with Gasteiger partial charge in [-0.3, -0.25) is 14.5 Å². The third-order valence-corrected chi connectivity index (χ3v) is 9.24. The van der Waals surface area contributed by atoms with Crippen molar-refractivity contribution in [2.24, 2.45) is 0 Å². The molecule has 0 radical (unpaired) electrons. The third-order valence-electron chi connectivity index (χ3n) is 8.50. The Labute approximate surface area is 264 Å². The number of benzene rings is 3. The molecule has 2 fully saturated rings. The van der Waals surface area contributed by atoms with E-state index in [2.05, 4.69) is 34.5 Å². The summed E-state index contributed by atoms with van der Waals surface area (Å²) in [5, 5.41) is 14.6. The summed E-state index contributed by atoms with van der Waals surface area (Å²) in [6.45, 7) is 7.45. The molecule has 2 atom stereocenters. The molecule has 43 heavy (non-hydrogen) atoms. The van der Waals surface area contributed by atoms with Crippen LogP contribution in [0.1, 0.15) is 51.5 Å². The normalized spacial score (nSPS) is 19.0. The zero-order valence-corrected chi connectivity index (χ0v) is 26.3. The van der Waals surface area contributed by atoms with Crippen LogP contribution in [0.5, 0.6) is 0 Å². The van der Waals surface area contributed by atoms with Gasteiger partial charge in [-0.1, -0.05) is 76.8 Å². The minimum atomic E-state index is -0.738. The summed E-state index contributed by atoms with van der Waals surface area (Å²) < 4.78 is 0. The second kappa shape index (κ2) is 14.2. The average Bonchev–Trinajstić information content (AvgIpc) is 3.01. The van der Waals surface area contributed by atoms with Crippen molar-refractivity contribution in [1.82, 2.24) is 20.0 Å². The van der Waals surface area contributed by atoms with Crippen LogP contribution >= 0.6 is 23.2 Å². The highest BCUT2D eigenvalue weighted by Crippen LogP contribution is 2.32. The van der Waals surface area contributed by atoms with Crippen LogP contribution in [0, 0.1) is 13.8 Å². The van der Waals surface area contributed by atoms with Crippen molar-refractivity contribution in [2.75, 3.05) is 39.3 Å². The Hall–Kier alpha value is -2.94. The number of aliphatic hydroxyl groups excluding tert-OH is 1. The van der Waals surface area contributed by atoms with E-state index in [-0.39, 0.29) is 24.5 Å². The van der Waals surface area contributed by atoms with Gasteiger partial charge in [0, 0.05) is 37.8 Å². The van der Waals surface area contributed by atoms with Crippen LogP contribution in [0.2, 0.25) is 10.0 Å². The summed E-state index contributed by atoms with van der Waals surface area (Å²) in [6.07, 6.45) is 1.79. The van der Waals surface area contributed by atoms with E-state index in [0.29, 0.717) is 35.2 Å². The van der Waals surface area contributed by atoms with Crippen molar-refractivity contribution in [3.8, 4) is 0 Å². The molecule has 2 heterocycles. The van der Waals surface area contributed by atoms with Gasteiger partial charge in [-0.2, -0.15) is 0 Å². The molecule has 228 valence electrons. The topological polar surface area (TPSA) is 76.1 Å². The number of piperazine rings is 1. The van der Waals surface area contributed by atoms with E-state index in [9.17, 15) is 14.7 Å². The number of carbonyl (C=O) groups is 2. The summed E-state index contributed by atoms with van der Waals surface area (Å²) >= 11 is 12.6. The number of piperidine rings is 1. The number of hydrogen-bond donors (Lipinski definition) is 2. The lowest BCUT2D eigenvalue weighted by Gasteiger charge is -2.43. The largest absolute Gasteiger partial charge is 0.394 e. The second-order valence-corrected chi connectivity index (χ2v) is 12.6. The maximum Gasteiger partial charge on any atom is 0.254 e. The predicted octanol–water partition coefficient (Wildman–Crippen LogP) is 5.25. The smallest absolute Gasteiger partial charge is 0.254 e. The minimum Gasteiger partial charge on any atom is -0.394 e. The van der Waals surface area contributed by atoms with Crippen LogP contribution in [-0.2, 0) is 11.3 Å². The standard InChI is InChI=1S/C34H40Cl2N4O3/c1-23-16-24(2)18-27(17-23)33(42)39-14-15-40(32(21-39)26-8-9-29(35)30(36)19-26)34(43)31(22-41)37-28-10-12-38(13-11-28)20-25-6-4-3-5-7-25/h3-9,16-19,28,31-32,37,41H,10-15,20-22H2,1-2H3/t31-,32+/m0/s1. The van der Waals surface area contributed by atoms with Gasteiger partial charge in [-0.05, 0) is 75.2 Å². The Morgan fingerprint density at radius 3 is 2.26 bits per heavy atom. The quantitative estimate of drug-likeness (QED) is 0.359. The van der Waals surface area contributed by atoms with Crippen LogP contribution < -0.4 is 5.32 Å². The molecule has 9 heteroatoms. The summed E-state index contributed by atoms with van der Waals surface area (Å²) in [7, 11) is 0. The maximum atomic E-state index is 14.0. The number of nitrogens with zero attached hydrogens (tertiary/aromatic N) is 3. The molecule has 3 aromatic carbocycles. The zero-order chi connectivity index (χ0) is 30.5. The summed E-state index contributed by atoms with van der Waals surface area (Å²) in [5.41, 5.74) is 4.79. The number of rotatable bonds is 8. The van der Waals surface area contributed by atoms with E-state index in [1.807, 2.05) is 44.2 Å². The predicted molar refractivity (Wildman–Crippen MR) is 171 cm³/mol. The number of likely N-dealkylation sites (tertiary alicyclic amines) is 1. The molecule has 3 aromatic rings. The first-order valence-electron chi connectivity index (χ1n) is 15.0. The average molecular weight is 624 g/mol. The van der Waals surface area contributed by atoms with Crippen molar-refractivity contribution >= 4 is 35.0 Å². The monoisotopic (exact) mass is 622 g/mol. The Bertz CT molecular complexity index is 1410. The van der Waals surface area contributed by atoms with E-state index in [1.165, 1.54) is 5.56 Å². The van der Waals surface area contributed by atoms with Crippen molar-refractivity contribution < 1.29 is 14.7 Å². The number of hydrogen-bond acceptors (Lipinski definition) is 5.